The predicted molar refractivity (Wildman–Crippen MR) is 122 cm³/mol. The molecule has 0 radical (unpaired) electrons. The zero-order chi connectivity index (χ0) is 23.1. The number of aromatic amines is 1. The fraction of sp³-hybridized carbons (Fsp3) is 0.0417. The summed E-state index contributed by atoms with van der Waals surface area (Å²) in [4.78, 5) is 30.6. The molecule has 2 aromatic carbocycles. The van der Waals surface area contributed by atoms with Crippen LogP contribution in [0.5, 0.6) is 0 Å². The van der Waals surface area contributed by atoms with Gasteiger partial charge in [-0.2, -0.15) is 0 Å². The van der Waals surface area contributed by atoms with E-state index >= 15 is 0 Å². The van der Waals surface area contributed by atoms with Gasteiger partial charge in [-0.1, -0.05) is 23.7 Å². The van der Waals surface area contributed by atoms with Crippen LogP contribution in [-0.4, -0.2) is 19.3 Å². The molecular weight excluding hydrogens is 450 g/mol. The summed E-state index contributed by atoms with van der Waals surface area (Å²) in [6.07, 6.45) is 3.12. The number of pyridine rings is 2. The van der Waals surface area contributed by atoms with Crippen LogP contribution < -0.4 is 11.1 Å². The number of H-pyrrole nitrogens is 1. The lowest BCUT2D eigenvalue weighted by Gasteiger charge is -2.14. The number of benzene rings is 2. The third kappa shape index (κ3) is 3.64. The van der Waals surface area contributed by atoms with Crippen molar-refractivity contribution in [2.75, 3.05) is 0 Å². The zero-order valence-corrected chi connectivity index (χ0v) is 17.7. The molecule has 1 N–H and O–H groups in total. The molecule has 33 heavy (non-hydrogen) atoms. The van der Waals surface area contributed by atoms with Gasteiger partial charge in [0, 0.05) is 24.0 Å². The first-order chi connectivity index (χ1) is 15.9. The second-order valence-electron chi connectivity index (χ2n) is 7.39. The van der Waals surface area contributed by atoms with Crippen LogP contribution in [0.25, 0.3) is 27.8 Å². The molecule has 5 rings (SSSR count). The third-order valence-electron chi connectivity index (χ3n) is 5.33. The van der Waals surface area contributed by atoms with Crippen molar-refractivity contribution < 1.29 is 8.78 Å². The summed E-state index contributed by atoms with van der Waals surface area (Å²) in [5.41, 5.74) is -0.0431. The smallest absolute Gasteiger partial charge is 0.281 e. The van der Waals surface area contributed by atoms with E-state index in [1.165, 1.54) is 15.3 Å². The molecule has 5 aromatic rings. The van der Waals surface area contributed by atoms with Crippen molar-refractivity contribution in [3.8, 4) is 16.9 Å². The molecule has 0 aliphatic carbocycles. The molecule has 0 saturated heterocycles. The van der Waals surface area contributed by atoms with E-state index in [1.54, 1.807) is 48.8 Å². The Hall–Kier alpha value is -4.04. The van der Waals surface area contributed by atoms with Crippen LogP contribution in [0.3, 0.4) is 0 Å². The van der Waals surface area contributed by atoms with E-state index in [4.69, 9.17) is 11.6 Å². The van der Waals surface area contributed by atoms with Crippen LogP contribution in [0.15, 0.2) is 82.6 Å². The Morgan fingerprint density at radius 2 is 1.73 bits per heavy atom. The van der Waals surface area contributed by atoms with Crippen molar-refractivity contribution >= 4 is 22.5 Å². The van der Waals surface area contributed by atoms with E-state index in [9.17, 15) is 18.4 Å². The van der Waals surface area contributed by atoms with Crippen molar-refractivity contribution in [3.05, 3.63) is 116 Å². The van der Waals surface area contributed by atoms with Crippen LogP contribution in [0.1, 0.15) is 5.56 Å². The summed E-state index contributed by atoms with van der Waals surface area (Å²) in [6, 6.07) is 14.2. The normalized spacial score (nSPS) is 11.2. The van der Waals surface area contributed by atoms with Gasteiger partial charge in [0.2, 0.25) is 0 Å². The Bertz CT molecular complexity index is 1620. The number of hydrogen-bond acceptors (Lipinski definition) is 3. The Morgan fingerprint density at radius 3 is 2.48 bits per heavy atom. The lowest BCUT2D eigenvalue weighted by atomic mass is 10.1. The molecule has 0 aliphatic heterocycles. The highest BCUT2D eigenvalue weighted by Crippen LogP contribution is 2.29. The van der Waals surface area contributed by atoms with E-state index in [1.807, 2.05) is 0 Å². The van der Waals surface area contributed by atoms with Crippen LogP contribution in [0.4, 0.5) is 8.78 Å². The van der Waals surface area contributed by atoms with Gasteiger partial charge in [0.25, 0.3) is 11.1 Å². The molecule has 0 fully saturated rings. The molecule has 0 unspecified atom stereocenters. The molecule has 3 heterocycles. The Balaban J connectivity index is 1.89. The monoisotopic (exact) mass is 464 g/mol. The Labute approximate surface area is 190 Å². The van der Waals surface area contributed by atoms with E-state index < -0.39 is 22.8 Å². The average molecular weight is 465 g/mol. The van der Waals surface area contributed by atoms with Gasteiger partial charge in [0.05, 0.1) is 33.9 Å². The fourth-order valence-corrected chi connectivity index (χ4v) is 4.04. The fourth-order valence-electron chi connectivity index (χ4n) is 3.82. The first-order valence-electron chi connectivity index (χ1n) is 9.92. The first-order valence-corrected chi connectivity index (χ1v) is 10.3. The summed E-state index contributed by atoms with van der Waals surface area (Å²) in [5.74, 6) is -1.47. The number of aromatic nitrogens is 4. The van der Waals surface area contributed by atoms with Gasteiger partial charge in [0.15, 0.2) is 0 Å². The van der Waals surface area contributed by atoms with Gasteiger partial charge >= 0.3 is 0 Å². The molecule has 3 aromatic heterocycles. The number of hydrogen-bond donors (Lipinski definition) is 1. The average Bonchev–Trinajstić information content (AvgIpc) is 3.12. The van der Waals surface area contributed by atoms with Crippen LogP contribution in [-0.2, 0) is 6.54 Å². The van der Waals surface area contributed by atoms with Crippen molar-refractivity contribution in [2.45, 2.75) is 6.54 Å². The third-order valence-corrected chi connectivity index (χ3v) is 5.65. The number of halogens is 3. The van der Waals surface area contributed by atoms with Gasteiger partial charge in [-0.25, -0.2) is 13.5 Å². The maximum Gasteiger partial charge on any atom is 0.281 e. The molecule has 0 aliphatic rings. The molecule has 0 spiro atoms. The summed E-state index contributed by atoms with van der Waals surface area (Å²) >= 11 is 6.27. The van der Waals surface area contributed by atoms with Crippen molar-refractivity contribution in [2.24, 2.45) is 0 Å². The maximum atomic E-state index is 14.9. The van der Waals surface area contributed by atoms with Crippen LogP contribution >= 0.6 is 11.6 Å². The SMILES string of the molecule is O=c1c2c(-c3cc(F)ccc3F)n(Cc3ccncc3)c(=O)cc2[nH]n1-c1ccccc1Cl. The maximum absolute atomic E-state index is 14.9. The highest BCUT2D eigenvalue weighted by molar-refractivity contribution is 6.32. The van der Waals surface area contributed by atoms with E-state index in [-0.39, 0.29) is 28.7 Å². The number of fused-ring (bicyclic) bond motifs is 1. The predicted octanol–water partition coefficient (Wildman–Crippen LogP) is 4.52. The minimum absolute atomic E-state index is 0.0271. The Kier molecular flexibility index (Phi) is 5.14. The van der Waals surface area contributed by atoms with Crippen LogP contribution in [0, 0.1) is 11.6 Å². The second kappa shape index (κ2) is 8.14. The standard InChI is InChI=1S/C24H15ClF2N4O2/c25-17-3-1-2-4-20(17)31-24(33)22-19(29-31)12-21(32)30(13-14-7-9-28-10-8-14)23(22)16-11-15(26)5-6-18(16)27/h1-12,29H,13H2. The van der Waals surface area contributed by atoms with Gasteiger partial charge in [-0.05, 0) is 48.0 Å². The molecule has 0 saturated carbocycles. The molecule has 0 amide bonds. The largest absolute Gasteiger partial charge is 0.303 e. The number of rotatable bonds is 4. The van der Waals surface area contributed by atoms with Gasteiger partial charge in [-0.3, -0.25) is 19.7 Å². The molecule has 6 nitrogen and oxygen atoms in total. The van der Waals surface area contributed by atoms with E-state index in [0.717, 1.165) is 18.2 Å². The lowest BCUT2D eigenvalue weighted by molar-refractivity contribution is 0.601. The summed E-state index contributed by atoms with van der Waals surface area (Å²) in [6.45, 7) is 0.0271. The van der Waals surface area contributed by atoms with E-state index in [2.05, 4.69) is 10.1 Å². The number of nitrogens with zero attached hydrogens (tertiary/aromatic N) is 3. The van der Waals surface area contributed by atoms with Gasteiger partial charge < -0.3 is 4.57 Å². The molecular formula is C24H15ClF2N4O2. The zero-order valence-electron chi connectivity index (χ0n) is 16.9. The molecule has 164 valence electrons. The number of nitrogens with one attached hydrogen (secondary N) is 1. The molecule has 0 bridgehead atoms. The lowest BCUT2D eigenvalue weighted by Crippen LogP contribution is -2.24. The van der Waals surface area contributed by atoms with Crippen LogP contribution in [0.2, 0.25) is 5.02 Å². The highest BCUT2D eigenvalue weighted by Gasteiger charge is 2.22. The van der Waals surface area contributed by atoms with E-state index in [0.29, 0.717) is 16.3 Å². The summed E-state index contributed by atoms with van der Waals surface area (Å²) in [5, 5.41) is 3.22. The minimum Gasteiger partial charge on any atom is -0.303 e. The minimum atomic E-state index is -0.767. The summed E-state index contributed by atoms with van der Waals surface area (Å²) in [7, 11) is 0. The van der Waals surface area contributed by atoms with Gasteiger partial charge in [-0.15, -0.1) is 0 Å². The van der Waals surface area contributed by atoms with Crippen molar-refractivity contribution in [1.82, 2.24) is 19.3 Å². The second-order valence-corrected chi connectivity index (χ2v) is 7.80. The molecule has 0 atom stereocenters. The Morgan fingerprint density at radius 1 is 0.970 bits per heavy atom. The van der Waals surface area contributed by atoms with Gasteiger partial charge in [0.1, 0.15) is 11.6 Å². The highest BCUT2D eigenvalue weighted by atomic mass is 35.5. The first kappa shape index (κ1) is 20.8. The quantitative estimate of drug-likeness (QED) is 0.425. The topological polar surface area (TPSA) is 72.7 Å². The summed E-state index contributed by atoms with van der Waals surface area (Å²) < 4.78 is 31.5. The van der Waals surface area contributed by atoms with Crippen molar-refractivity contribution in [3.63, 3.8) is 0 Å². The van der Waals surface area contributed by atoms with Crippen molar-refractivity contribution in [1.29, 1.82) is 0 Å². The number of para-hydroxylation sites is 1. The molecule has 9 heteroatoms.